The summed E-state index contributed by atoms with van der Waals surface area (Å²) in [6, 6.07) is 1.93. The normalized spacial score (nSPS) is 22.8. The fourth-order valence-electron chi connectivity index (χ4n) is 1.34. The van der Waals surface area contributed by atoms with Gasteiger partial charge in [0.25, 0.3) is 0 Å². The lowest BCUT2D eigenvalue weighted by molar-refractivity contribution is -0.775. The molecule has 0 amide bonds. The molecule has 0 N–H and O–H groups in total. The molecule has 1 atom stereocenters. The first-order chi connectivity index (χ1) is 5.38. The Labute approximate surface area is 65.6 Å². The standard InChI is InChI=1S/C8H11N2O/c1-7-10-5-2-4-9-8(10)3-6-11-7/h2,4-5,7H,3,6H2,1H3/q+1/t7-/m0/s1. The molecule has 2 heterocycles. The van der Waals surface area contributed by atoms with Gasteiger partial charge in [0, 0.05) is 13.0 Å². The van der Waals surface area contributed by atoms with Gasteiger partial charge in [-0.25, -0.2) is 4.57 Å². The van der Waals surface area contributed by atoms with Crippen LogP contribution in [0.1, 0.15) is 19.0 Å². The fourth-order valence-corrected chi connectivity index (χ4v) is 1.34. The number of fused-ring (bicyclic) bond motifs is 1. The van der Waals surface area contributed by atoms with Gasteiger partial charge in [0.05, 0.1) is 19.2 Å². The minimum absolute atomic E-state index is 0.146. The molecule has 0 spiro atoms. The maximum Gasteiger partial charge on any atom is 0.302 e. The summed E-state index contributed by atoms with van der Waals surface area (Å²) < 4.78 is 7.49. The second kappa shape index (κ2) is 2.58. The van der Waals surface area contributed by atoms with Crippen LogP contribution in [0.15, 0.2) is 18.5 Å². The lowest BCUT2D eigenvalue weighted by Gasteiger charge is -2.17. The van der Waals surface area contributed by atoms with E-state index >= 15 is 0 Å². The Morgan fingerprint density at radius 1 is 1.73 bits per heavy atom. The molecule has 0 radical (unpaired) electrons. The molecule has 1 aliphatic rings. The minimum atomic E-state index is 0.146. The van der Waals surface area contributed by atoms with E-state index in [1.165, 1.54) is 0 Å². The van der Waals surface area contributed by atoms with Gasteiger partial charge in [0.15, 0.2) is 6.23 Å². The van der Waals surface area contributed by atoms with E-state index in [9.17, 15) is 0 Å². The molecule has 1 aromatic rings. The maximum atomic E-state index is 5.43. The Bertz CT molecular complexity index is 262. The third-order valence-corrected chi connectivity index (χ3v) is 1.93. The van der Waals surface area contributed by atoms with Crippen molar-refractivity contribution in [2.75, 3.05) is 6.61 Å². The van der Waals surface area contributed by atoms with Crippen molar-refractivity contribution in [2.45, 2.75) is 19.6 Å². The van der Waals surface area contributed by atoms with Gasteiger partial charge in [-0.15, -0.1) is 0 Å². The van der Waals surface area contributed by atoms with Crippen LogP contribution in [0.5, 0.6) is 0 Å². The van der Waals surface area contributed by atoms with Gasteiger partial charge >= 0.3 is 5.82 Å². The number of aromatic nitrogens is 2. The second-order valence-electron chi connectivity index (χ2n) is 2.66. The molecule has 11 heavy (non-hydrogen) atoms. The van der Waals surface area contributed by atoms with E-state index in [1.54, 1.807) is 0 Å². The summed E-state index contributed by atoms with van der Waals surface area (Å²) in [6.45, 7) is 2.82. The highest BCUT2D eigenvalue weighted by molar-refractivity contribution is 4.81. The fraction of sp³-hybridized carbons (Fsp3) is 0.500. The van der Waals surface area contributed by atoms with Crippen molar-refractivity contribution in [2.24, 2.45) is 0 Å². The Morgan fingerprint density at radius 3 is 3.45 bits per heavy atom. The number of ether oxygens (including phenoxy) is 1. The van der Waals surface area contributed by atoms with Gasteiger partial charge in [-0.3, -0.25) is 0 Å². The largest absolute Gasteiger partial charge is 0.339 e. The van der Waals surface area contributed by atoms with E-state index in [2.05, 4.69) is 9.55 Å². The zero-order valence-electron chi connectivity index (χ0n) is 6.53. The first-order valence-electron chi connectivity index (χ1n) is 3.84. The Balaban J connectivity index is 2.44. The van der Waals surface area contributed by atoms with Crippen LogP contribution in [-0.2, 0) is 11.2 Å². The number of nitrogens with zero attached hydrogens (tertiary/aromatic N) is 2. The number of hydrogen-bond acceptors (Lipinski definition) is 2. The molecule has 0 saturated heterocycles. The average Bonchev–Trinajstić information content (AvgIpc) is 2.06. The van der Waals surface area contributed by atoms with Crippen molar-refractivity contribution < 1.29 is 9.30 Å². The first-order valence-corrected chi connectivity index (χ1v) is 3.84. The third kappa shape index (κ3) is 1.12. The smallest absolute Gasteiger partial charge is 0.302 e. The SMILES string of the molecule is C[C@@H]1OCCc2nccc[n+]21. The summed E-state index contributed by atoms with van der Waals surface area (Å²) in [5, 5.41) is 0. The summed E-state index contributed by atoms with van der Waals surface area (Å²) in [5.74, 6) is 1.12. The van der Waals surface area contributed by atoms with Gasteiger partial charge in [-0.05, 0) is 0 Å². The molecular weight excluding hydrogens is 140 g/mol. The molecule has 1 aromatic heterocycles. The Morgan fingerprint density at radius 2 is 2.64 bits per heavy atom. The molecule has 0 unspecified atom stereocenters. The molecule has 0 saturated carbocycles. The Hall–Kier alpha value is -0.960. The van der Waals surface area contributed by atoms with Crippen LogP contribution in [0, 0.1) is 0 Å². The quantitative estimate of drug-likeness (QED) is 0.503. The van der Waals surface area contributed by atoms with Gasteiger partial charge < -0.3 is 4.74 Å². The number of hydrogen-bond donors (Lipinski definition) is 0. The van der Waals surface area contributed by atoms with Gasteiger partial charge in [-0.2, -0.15) is 0 Å². The van der Waals surface area contributed by atoms with E-state index in [1.807, 2.05) is 25.4 Å². The van der Waals surface area contributed by atoms with E-state index in [4.69, 9.17) is 4.74 Å². The summed E-state index contributed by atoms with van der Waals surface area (Å²) >= 11 is 0. The highest BCUT2D eigenvalue weighted by Gasteiger charge is 2.22. The molecule has 0 aromatic carbocycles. The lowest BCUT2D eigenvalue weighted by Crippen LogP contribution is -2.47. The van der Waals surface area contributed by atoms with E-state index in [-0.39, 0.29) is 6.23 Å². The maximum absolute atomic E-state index is 5.43. The molecule has 0 bridgehead atoms. The van der Waals surface area contributed by atoms with E-state index < -0.39 is 0 Å². The van der Waals surface area contributed by atoms with Crippen LogP contribution in [0.4, 0.5) is 0 Å². The third-order valence-electron chi connectivity index (χ3n) is 1.93. The van der Waals surface area contributed by atoms with Crippen LogP contribution in [0.2, 0.25) is 0 Å². The second-order valence-corrected chi connectivity index (χ2v) is 2.66. The zero-order chi connectivity index (χ0) is 7.68. The molecule has 0 fully saturated rings. The van der Waals surface area contributed by atoms with Crippen molar-refractivity contribution >= 4 is 0 Å². The van der Waals surface area contributed by atoms with Crippen LogP contribution >= 0.6 is 0 Å². The van der Waals surface area contributed by atoms with E-state index in [0.717, 1.165) is 18.9 Å². The molecule has 3 nitrogen and oxygen atoms in total. The highest BCUT2D eigenvalue weighted by Crippen LogP contribution is 2.05. The monoisotopic (exact) mass is 151 g/mol. The highest BCUT2D eigenvalue weighted by atomic mass is 16.5. The zero-order valence-corrected chi connectivity index (χ0v) is 6.53. The van der Waals surface area contributed by atoms with Crippen molar-refractivity contribution in [1.82, 2.24) is 4.98 Å². The van der Waals surface area contributed by atoms with Gasteiger partial charge in [0.2, 0.25) is 0 Å². The molecule has 1 aliphatic heterocycles. The van der Waals surface area contributed by atoms with E-state index in [0.29, 0.717) is 0 Å². The molecule has 2 rings (SSSR count). The summed E-state index contributed by atoms with van der Waals surface area (Å²) in [5.41, 5.74) is 0. The predicted molar refractivity (Wildman–Crippen MR) is 38.8 cm³/mol. The summed E-state index contributed by atoms with van der Waals surface area (Å²) in [4.78, 5) is 4.25. The van der Waals surface area contributed by atoms with Crippen LogP contribution in [0.25, 0.3) is 0 Å². The molecule has 3 heteroatoms. The summed E-state index contributed by atoms with van der Waals surface area (Å²) in [7, 11) is 0. The topological polar surface area (TPSA) is 26.0 Å². The Kier molecular flexibility index (Phi) is 1.58. The van der Waals surface area contributed by atoms with Crippen molar-refractivity contribution in [1.29, 1.82) is 0 Å². The molecule has 58 valence electrons. The number of rotatable bonds is 0. The van der Waals surface area contributed by atoms with Crippen LogP contribution in [-0.4, -0.2) is 11.6 Å². The van der Waals surface area contributed by atoms with Crippen molar-refractivity contribution in [3.63, 3.8) is 0 Å². The molecule has 0 aliphatic carbocycles. The minimum Gasteiger partial charge on any atom is -0.339 e. The van der Waals surface area contributed by atoms with Gasteiger partial charge in [-0.1, -0.05) is 4.98 Å². The average molecular weight is 151 g/mol. The first kappa shape index (κ1) is 6.73. The van der Waals surface area contributed by atoms with Crippen molar-refractivity contribution in [3.8, 4) is 0 Å². The van der Waals surface area contributed by atoms with Crippen LogP contribution in [0.3, 0.4) is 0 Å². The lowest BCUT2D eigenvalue weighted by atomic mass is 10.3. The molecular formula is C8H11N2O+. The predicted octanol–water partition coefficient (Wildman–Crippen LogP) is 0.460. The van der Waals surface area contributed by atoms with Crippen molar-refractivity contribution in [3.05, 3.63) is 24.3 Å². The van der Waals surface area contributed by atoms with Gasteiger partial charge in [0.1, 0.15) is 6.20 Å². The van der Waals surface area contributed by atoms with Crippen LogP contribution < -0.4 is 4.57 Å². The summed E-state index contributed by atoms with van der Waals surface area (Å²) in [6.07, 6.45) is 4.90.